The zero-order valence-electron chi connectivity index (χ0n) is 12.4. The Morgan fingerprint density at radius 1 is 1.35 bits per heavy atom. The average Bonchev–Trinajstić information content (AvgIpc) is 2.86. The molecule has 5 nitrogen and oxygen atoms in total. The van der Waals surface area contributed by atoms with Gasteiger partial charge in [-0.2, -0.15) is 5.10 Å². The molecule has 1 aromatic rings. The summed E-state index contributed by atoms with van der Waals surface area (Å²) < 4.78 is 1.98. The number of rotatable bonds is 4. The molecule has 1 aliphatic heterocycles. The zero-order valence-corrected chi connectivity index (χ0v) is 12.4. The minimum Gasteiger partial charge on any atom is -0.394 e. The van der Waals surface area contributed by atoms with Gasteiger partial charge in [0.05, 0.1) is 19.3 Å². The molecule has 3 rings (SSSR count). The summed E-state index contributed by atoms with van der Waals surface area (Å²) in [5.74, 6) is 0. The largest absolute Gasteiger partial charge is 0.394 e. The van der Waals surface area contributed by atoms with Crippen LogP contribution in [0.15, 0.2) is 6.20 Å². The number of piperidine rings is 1. The third kappa shape index (κ3) is 2.90. The van der Waals surface area contributed by atoms with Gasteiger partial charge < -0.3 is 15.3 Å². The molecule has 1 saturated heterocycles. The lowest BCUT2D eigenvalue weighted by Crippen LogP contribution is -2.42. The molecule has 1 unspecified atom stereocenters. The Bertz CT molecular complexity index is 437. The molecule has 1 aromatic heterocycles. The normalized spacial score (nSPS) is 24.8. The SMILES string of the molecule is CN1CCC(NC2CCCc3c2cnn3CCO)CC1. The van der Waals surface area contributed by atoms with E-state index in [0.29, 0.717) is 18.6 Å². The molecule has 0 saturated carbocycles. The van der Waals surface area contributed by atoms with Crippen LogP contribution >= 0.6 is 0 Å². The summed E-state index contributed by atoms with van der Waals surface area (Å²) in [7, 11) is 2.20. The Morgan fingerprint density at radius 2 is 2.15 bits per heavy atom. The second-order valence-electron chi connectivity index (χ2n) is 6.18. The maximum atomic E-state index is 9.11. The van der Waals surface area contributed by atoms with Crippen molar-refractivity contribution in [1.29, 1.82) is 0 Å². The van der Waals surface area contributed by atoms with Crippen molar-refractivity contribution in [3.8, 4) is 0 Å². The fourth-order valence-electron chi connectivity index (χ4n) is 3.54. The van der Waals surface area contributed by atoms with Crippen molar-refractivity contribution in [1.82, 2.24) is 20.0 Å². The van der Waals surface area contributed by atoms with Gasteiger partial charge in [-0.15, -0.1) is 0 Å². The first kappa shape index (κ1) is 14.0. The molecule has 0 aromatic carbocycles. The van der Waals surface area contributed by atoms with Crippen LogP contribution in [0, 0.1) is 0 Å². The van der Waals surface area contributed by atoms with Gasteiger partial charge in [0.2, 0.25) is 0 Å². The van der Waals surface area contributed by atoms with E-state index in [1.54, 1.807) is 0 Å². The van der Waals surface area contributed by atoms with Crippen LogP contribution in [0.3, 0.4) is 0 Å². The number of aliphatic hydroxyl groups is 1. The summed E-state index contributed by atoms with van der Waals surface area (Å²) in [6.07, 6.45) is 8.02. The van der Waals surface area contributed by atoms with Gasteiger partial charge >= 0.3 is 0 Å². The molecular formula is C15H26N4O. The van der Waals surface area contributed by atoms with Crippen LogP contribution in [0.4, 0.5) is 0 Å². The number of likely N-dealkylation sites (tertiary alicyclic amines) is 1. The average molecular weight is 278 g/mol. The van der Waals surface area contributed by atoms with E-state index in [0.717, 1.165) is 6.42 Å². The highest BCUT2D eigenvalue weighted by molar-refractivity contribution is 5.25. The lowest BCUT2D eigenvalue weighted by atomic mass is 9.91. The van der Waals surface area contributed by atoms with E-state index in [2.05, 4.69) is 22.4 Å². The van der Waals surface area contributed by atoms with Crippen molar-refractivity contribution in [2.75, 3.05) is 26.7 Å². The van der Waals surface area contributed by atoms with Crippen LogP contribution < -0.4 is 5.32 Å². The zero-order chi connectivity index (χ0) is 13.9. The number of hydrogen-bond donors (Lipinski definition) is 2. The quantitative estimate of drug-likeness (QED) is 0.860. The molecule has 1 atom stereocenters. The smallest absolute Gasteiger partial charge is 0.0644 e. The van der Waals surface area contributed by atoms with E-state index in [1.165, 1.54) is 50.0 Å². The summed E-state index contributed by atoms with van der Waals surface area (Å²) in [5, 5.41) is 17.4. The van der Waals surface area contributed by atoms with E-state index in [-0.39, 0.29) is 6.61 Å². The van der Waals surface area contributed by atoms with Crippen LogP contribution in [0.2, 0.25) is 0 Å². The number of fused-ring (bicyclic) bond motifs is 1. The second kappa shape index (κ2) is 6.24. The molecule has 2 aliphatic rings. The van der Waals surface area contributed by atoms with E-state index in [9.17, 15) is 0 Å². The number of aliphatic hydroxyl groups excluding tert-OH is 1. The molecule has 0 spiro atoms. The van der Waals surface area contributed by atoms with Crippen molar-refractivity contribution in [3.63, 3.8) is 0 Å². The summed E-state index contributed by atoms with van der Waals surface area (Å²) >= 11 is 0. The van der Waals surface area contributed by atoms with Gasteiger partial charge in [0, 0.05) is 23.3 Å². The fourth-order valence-corrected chi connectivity index (χ4v) is 3.54. The Hall–Kier alpha value is -0.910. The van der Waals surface area contributed by atoms with Gasteiger partial charge in [0.1, 0.15) is 0 Å². The Morgan fingerprint density at radius 3 is 2.90 bits per heavy atom. The monoisotopic (exact) mass is 278 g/mol. The predicted octanol–water partition coefficient (Wildman–Crippen LogP) is 0.937. The number of nitrogens with one attached hydrogen (secondary N) is 1. The van der Waals surface area contributed by atoms with Gasteiger partial charge in [-0.25, -0.2) is 0 Å². The van der Waals surface area contributed by atoms with Gasteiger partial charge in [0.25, 0.3) is 0 Å². The topological polar surface area (TPSA) is 53.3 Å². The Labute approximate surface area is 121 Å². The highest BCUT2D eigenvalue weighted by Crippen LogP contribution is 2.30. The summed E-state index contributed by atoms with van der Waals surface area (Å²) in [5.41, 5.74) is 2.69. The van der Waals surface area contributed by atoms with Crippen molar-refractivity contribution < 1.29 is 5.11 Å². The van der Waals surface area contributed by atoms with Crippen molar-refractivity contribution in [3.05, 3.63) is 17.5 Å². The summed E-state index contributed by atoms with van der Waals surface area (Å²) in [4.78, 5) is 2.41. The van der Waals surface area contributed by atoms with E-state index in [1.807, 2.05) is 10.9 Å². The minimum atomic E-state index is 0.168. The third-order valence-corrected chi connectivity index (χ3v) is 4.73. The standard InChI is InChI=1S/C15H26N4O/c1-18-7-5-12(6-8-18)17-14-3-2-4-15-13(14)11-16-19(15)9-10-20/h11-12,14,17,20H,2-10H2,1H3. The number of hydrogen-bond acceptors (Lipinski definition) is 4. The lowest BCUT2D eigenvalue weighted by molar-refractivity contribution is 0.220. The number of nitrogens with zero attached hydrogens (tertiary/aromatic N) is 3. The van der Waals surface area contributed by atoms with Crippen LogP contribution in [-0.2, 0) is 13.0 Å². The molecule has 20 heavy (non-hydrogen) atoms. The van der Waals surface area contributed by atoms with Crippen LogP contribution in [0.1, 0.15) is 43.0 Å². The van der Waals surface area contributed by atoms with Crippen molar-refractivity contribution in [2.45, 2.75) is 50.7 Å². The maximum absolute atomic E-state index is 9.11. The first-order valence-corrected chi connectivity index (χ1v) is 7.88. The molecule has 112 valence electrons. The first-order chi connectivity index (χ1) is 9.78. The molecule has 1 fully saturated rings. The first-order valence-electron chi connectivity index (χ1n) is 7.88. The van der Waals surface area contributed by atoms with E-state index >= 15 is 0 Å². The third-order valence-electron chi connectivity index (χ3n) is 4.73. The molecule has 2 heterocycles. The number of aromatic nitrogens is 2. The molecule has 1 aliphatic carbocycles. The van der Waals surface area contributed by atoms with Crippen LogP contribution in [0.25, 0.3) is 0 Å². The molecule has 0 radical (unpaired) electrons. The molecule has 0 bridgehead atoms. The van der Waals surface area contributed by atoms with Gasteiger partial charge in [-0.3, -0.25) is 4.68 Å². The summed E-state index contributed by atoms with van der Waals surface area (Å²) in [6.45, 7) is 3.18. The highest BCUT2D eigenvalue weighted by atomic mass is 16.3. The molecule has 0 amide bonds. The molecular weight excluding hydrogens is 252 g/mol. The van der Waals surface area contributed by atoms with E-state index in [4.69, 9.17) is 5.11 Å². The Balaban J connectivity index is 1.67. The molecule has 5 heteroatoms. The van der Waals surface area contributed by atoms with Crippen LogP contribution in [-0.4, -0.2) is 52.6 Å². The van der Waals surface area contributed by atoms with Gasteiger partial charge in [-0.1, -0.05) is 0 Å². The minimum absolute atomic E-state index is 0.168. The second-order valence-corrected chi connectivity index (χ2v) is 6.18. The van der Waals surface area contributed by atoms with Crippen molar-refractivity contribution in [2.24, 2.45) is 0 Å². The van der Waals surface area contributed by atoms with Crippen molar-refractivity contribution >= 4 is 0 Å². The lowest BCUT2D eigenvalue weighted by Gasteiger charge is -2.34. The van der Waals surface area contributed by atoms with Gasteiger partial charge in [-0.05, 0) is 52.2 Å². The predicted molar refractivity (Wildman–Crippen MR) is 78.6 cm³/mol. The highest BCUT2D eigenvalue weighted by Gasteiger charge is 2.27. The summed E-state index contributed by atoms with van der Waals surface area (Å²) in [6, 6.07) is 1.10. The Kier molecular flexibility index (Phi) is 4.38. The molecule has 2 N–H and O–H groups in total. The van der Waals surface area contributed by atoms with Gasteiger partial charge in [0.15, 0.2) is 0 Å². The fraction of sp³-hybridized carbons (Fsp3) is 0.800. The van der Waals surface area contributed by atoms with E-state index < -0.39 is 0 Å². The maximum Gasteiger partial charge on any atom is 0.0644 e. The van der Waals surface area contributed by atoms with Crippen LogP contribution in [0.5, 0.6) is 0 Å².